The van der Waals surface area contributed by atoms with E-state index in [-0.39, 0.29) is 0 Å². The number of rotatable bonds is 6. The van der Waals surface area contributed by atoms with Crippen molar-refractivity contribution in [1.29, 1.82) is 0 Å². The Balaban J connectivity index is 1.86. The van der Waals surface area contributed by atoms with Crippen LogP contribution < -0.4 is 5.32 Å². The molecule has 0 radical (unpaired) electrons. The molecule has 0 amide bonds. The molecule has 1 fully saturated rings. The predicted octanol–water partition coefficient (Wildman–Crippen LogP) is 3.48. The first-order valence-corrected chi connectivity index (χ1v) is 7.59. The molecule has 0 unspecified atom stereocenters. The van der Waals surface area contributed by atoms with Gasteiger partial charge in [0.2, 0.25) is 0 Å². The third kappa shape index (κ3) is 4.27. The van der Waals surface area contributed by atoms with E-state index in [0.717, 1.165) is 30.5 Å². The number of aryl methyl sites for hydroxylation is 1. The van der Waals surface area contributed by atoms with Gasteiger partial charge in [-0.05, 0) is 43.6 Å². The van der Waals surface area contributed by atoms with Crippen LogP contribution >= 0.6 is 0 Å². The minimum atomic E-state index is 0.538. The van der Waals surface area contributed by atoms with E-state index in [2.05, 4.69) is 29.1 Å². The van der Waals surface area contributed by atoms with Crippen molar-refractivity contribution in [2.45, 2.75) is 59.4 Å². The normalized spacial score (nSPS) is 18.1. The molecule has 2 rings (SSSR count). The van der Waals surface area contributed by atoms with Crippen LogP contribution in [0.15, 0.2) is 12.3 Å². The summed E-state index contributed by atoms with van der Waals surface area (Å²) in [5.74, 6) is 1.65. The predicted molar refractivity (Wildman–Crippen MR) is 78.8 cm³/mol. The zero-order valence-corrected chi connectivity index (χ0v) is 12.6. The summed E-state index contributed by atoms with van der Waals surface area (Å²) in [4.78, 5) is 8.59. The average molecular weight is 261 g/mol. The van der Waals surface area contributed by atoms with Gasteiger partial charge in [-0.3, -0.25) is 0 Å². The summed E-state index contributed by atoms with van der Waals surface area (Å²) in [6, 6.07) is 2.00. The summed E-state index contributed by atoms with van der Waals surface area (Å²) in [5.41, 5.74) is 1.64. The Kier molecular flexibility index (Phi) is 4.92. The Labute approximate surface area is 117 Å². The van der Waals surface area contributed by atoms with Crippen LogP contribution in [0, 0.1) is 18.3 Å². The van der Waals surface area contributed by atoms with Crippen LogP contribution in [0.2, 0.25) is 0 Å². The molecule has 1 aliphatic rings. The second kappa shape index (κ2) is 6.47. The number of hydrogen-bond donors (Lipinski definition) is 1. The zero-order chi connectivity index (χ0) is 13.7. The molecule has 1 heterocycles. The van der Waals surface area contributed by atoms with Crippen LogP contribution in [0.3, 0.4) is 0 Å². The van der Waals surface area contributed by atoms with Gasteiger partial charge in [0.1, 0.15) is 5.82 Å². The van der Waals surface area contributed by atoms with Gasteiger partial charge in [0.05, 0.1) is 5.69 Å². The largest absolute Gasteiger partial charge is 0.311 e. The topological polar surface area (TPSA) is 37.8 Å². The second-order valence-corrected chi connectivity index (χ2v) is 6.50. The molecule has 1 N–H and O–H groups in total. The maximum Gasteiger partial charge on any atom is 0.125 e. The Morgan fingerprint density at radius 3 is 2.68 bits per heavy atom. The van der Waals surface area contributed by atoms with Crippen LogP contribution in [-0.4, -0.2) is 16.5 Å². The summed E-state index contributed by atoms with van der Waals surface area (Å²) >= 11 is 0. The van der Waals surface area contributed by atoms with Crippen molar-refractivity contribution >= 4 is 0 Å². The number of aromatic nitrogens is 2. The van der Waals surface area contributed by atoms with Crippen LogP contribution in [0.5, 0.6) is 0 Å². The van der Waals surface area contributed by atoms with Crippen LogP contribution in [0.25, 0.3) is 0 Å². The molecular formula is C16H27N3. The lowest BCUT2D eigenvalue weighted by Crippen LogP contribution is -2.33. The molecule has 1 saturated carbocycles. The van der Waals surface area contributed by atoms with Gasteiger partial charge in [0.25, 0.3) is 0 Å². The molecule has 1 aromatic rings. The lowest BCUT2D eigenvalue weighted by Gasteiger charge is -2.31. The van der Waals surface area contributed by atoms with E-state index in [1.807, 2.05) is 19.2 Å². The van der Waals surface area contributed by atoms with Crippen molar-refractivity contribution in [3.8, 4) is 0 Å². The van der Waals surface area contributed by atoms with Crippen LogP contribution in [0.4, 0.5) is 0 Å². The van der Waals surface area contributed by atoms with Crippen LogP contribution in [0.1, 0.15) is 57.5 Å². The van der Waals surface area contributed by atoms with Crippen molar-refractivity contribution in [3.63, 3.8) is 0 Å². The van der Waals surface area contributed by atoms with E-state index < -0.39 is 0 Å². The van der Waals surface area contributed by atoms with E-state index in [1.165, 1.54) is 32.1 Å². The summed E-state index contributed by atoms with van der Waals surface area (Å²) in [6.07, 6.45) is 8.78. The van der Waals surface area contributed by atoms with Gasteiger partial charge in [0.15, 0.2) is 0 Å². The quantitative estimate of drug-likeness (QED) is 0.852. The molecule has 3 nitrogen and oxygen atoms in total. The van der Waals surface area contributed by atoms with Crippen molar-refractivity contribution in [2.24, 2.45) is 11.3 Å². The van der Waals surface area contributed by atoms with E-state index >= 15 is 0 Å². The highest BCUT2D eigenvalue weighted by Crippen LogP contribution is 2.42. The molecule has 0 aliphatic heterocycles. The number of nitrogens with zero attached hydrogens (tertiary/aromatic N) is 2. The van der Waals surface area contributed by atoms with Gasteiger partial charge in [-0.1, -0.05) is 26.7 Å². The van der Waals surface area contributed by atoms with E-state index in [4.69, 9.17) is 0 Å². The molecule has 0 spiro atoms. The van der Waals surface area contributed by atoms with Crippen molar-refractivity contribution in [1.82, 2.24) is 15.3 Å². The maximum absolute atomic E-state index is 4.45. The first-order chi connectivity index (χ1) is 9.10. The lowest BCUT2D eigenvalue weighted by atomic mass is 9.78. The molecule has 106 valence electrons. The summed E-state index contributed by atoms with van der Waals surface area (Å²) in [6.45, 7) is 8.62. The van der Waals surface area contributed by atoms with Gasteiger partial charge in [-0.15, -0.1) is 0 Å². The third-order valence-corrected chi connectivity index (χ3v) is 4.15. The molecular weight excluding hydrogens is 234 g/mol. The fraction of sp³-hybridized carbons (Fsp3) is 0.750. The van der Waals surface area contributed by atoms with E-state index in [9.17, 15) is 0 Å². The van der Waals surface area contributed by atoms with E-state index in [1.54, 1.807) is 0 Å². The summed E-state index contributed by atoms with van der Waals surface area (Å²) in [5, 5.41) is 3.63. The summed E-state index contributed by atoms with van der Waals surface area (Å²) in [7, 11) is 0. The molecule has 1 aromatic heterocycles. The fourth-order valence-corrected chi connectivity index (χ4v) is 3.50. The monoisotopic (exact) mass is 261 g/mol. The van der Waals surface area contributed by atoms with Crippen molar-refractivity contribution in [2.75, 3.05) is 6.54 Å². The van der Waals surface area contributed by atoms with Gasteiger partial charge in [0, 0.05) is 19.3 Å². The molecule has 19 heavy (non-hydrogen) atoms. The number of nitrogens with one attached hydrogen (secondary N) is 1. The molecule has 0 saturated heterocycles. The first-order valence-electron chi connectivity index (χ1n) is 7.59. The molecule has 0 bridgehead atoms. The van der Waals surface area contributed by atoms with Crippen LogP contribution in [-0.2, 0) is 6.54 Å². The third-order valence-electron chi connectivity index (χ3n) is 4.15. The van der Waals surface area contributed by atoms with Gasteiger partial charge in [-0.25, -0.2) is 9.97 Å². The van der Waals surface area contributed by atoms with Crippen molar-refractivity contribution < 1.29 is 0 Å². The Hall–Kier alpha value is -0.960. The first kappa shape index (κ1) is 14.4. The molecule has 0 aromatic carbocycles. The summed E-state index contributed by atoms with van der Waals surface area (Å²) < 4.78 is 0. The average Bonchev–Trinajstić information content (AvgIpc) is 2.77. The smallest absolute Gasteiger partial charge is 0.125 e. The Morgan fingerprint density at radius 1 is 1.32 bits per heavy atom. The standard InChI is InChI=1S/C16H27N3/c1-13(2)10-16(7-4-5-8-16)12-17-11-15-6-9-18-14(3)19-15/h6,9,13,17H,4-5,7-8,10-12H2,1-3H3. The minimum absolute atomic E-state index is 0.538. The lowest BCUT2D eigenvalue weighted by molar-refractivity contribution is 0.223. The zero-order valence-electron chi connectivity index (χ0n) is 12.6. The van der Waals surface area contributed by atoms with Gasteiger partial charge >= 0.3 is 0 Å². The molecule has 3 heteroatoms. The highest BCUT2D eigenvalue weighted by Gasteiger charge is 2.33. The highest BCUT2D eigenvalue weighted by molar-refractivity contribution is 5.01. The Morgan fingerprint density at radius 2 is 2.05 bits per heavy atom. The second-order valence-electron chi connectivity index (χ2n) is 6.50. The highest BCUT2D eigenvalue weighted by atomic mass is 14.9. The van der Waals surface area contributed by atoms with Gasteiger partial charge < -0.3 is 5.32 Å². The number of hydrogen-bond acceptors (Lipinski definition) is 3. The molecule has 1 aliphatic carbocycles. The Bertz CT molecular complexity index is 395. The SMILES string of the molecule is Cc1nccc(CNCC2(CC(C)C)CCCC2)n1. The molecule has 0 atom stereocenters. The fourth-order valence-electron chi connectivity index (χ4n) is 3.50. The maximum atomic E-state index is 4.45. The van der Waals surface area contributed by atoms with Crippen molar-refractivity contribution in [3.05, 3.63) is 23.8 Å². The van der Waals surface area contributed by atoms with Gasteiger partial charge in [-0.2, -0.15) is 0 Å². The van der Waals surface area contributed by atoms with E-state index in [0.29, 0.717) is 5.41 Å². The minimum Gasteiger partial charge on any atom is -0.311 e.